The smallest absolute Gasteiger partial charge is 0.396 e. The van der Waals surface area contributed by atoms with Crippen LogP contribution in [0, 0.1) is 0 Å². The van der Waals surface area contributed by atoms with E-state index in [0.717, 1.165) is 6.07 Å². The molecule has 0 aliphatic rings. The van der Waals surface area contributed by atoms with E-state index in [1.807, 2.05) is 0 Å². The standard InChI is InChI=1S/C11H13F3O2/c1-16-10(6-7-15)8-4-2-3-5-9(8)11(12,13)14/h2-5,10,15H,6-7H2,1H3. The zero-order valence-electron chi connectivity index (χ0n) is 8.79. The lowest BCUT2D eigenvalue weighted by atomic mass is 10.00. The van der Waals surface area contributed by atoms with E-state index in [9.17, 15) is 13.2 Å². The molecule has 0 fully saturated rings. The number of hydrogen-bond acceptors (Lipinski definition) is 2. The van der Waals surface area contributed by atoms with Gasteiger partial charge in [-0.05, 0) is 11.6 Å². The molecule has 0 aliphatic heterocycles. The number of methoxy groups -OCH3 is 1. The first-order chi connectivity index (χ1) is 7.50. The molecule has 0 aromatic heterocycles. The molecule has 16 heavy (non-hydrogen) atoms. The van der Waals surface area contributed by atoms with Gasteiger partial charge in [-0.3, -0.25) is 0 Å². The van der Waals surface area contributed by atoms with Crippen molar-refractivity contribution in [2.45, 2.75) is 18.7 Å². The predicted octanol–water partition coefficient (Wildman–Crippen LogP) is 2.78. The average Bonchev–Trinajstić information content (AvgIpc) is 2.25. The molecule has 0 radical (unpaired) electrons. The van der Waals surface area contributed by atoms with Crippen molar-refractivity contribution in [3.05, 3.63) is 35.4 Å². The number of halogens is 3. The Kier molecular flexibility index (Phi) is 4.32. The second-order valence-corrected chi connectivity index (χ2v) is 3.32. The number of aliphatic hydroxyl groups excluding tert-OH is 1. The molecular formula is C11H13F3O2. The zero-order valence-corrected chi connectivity index (χ0v) is 8.79. The fourth-order valence-electron chi connectivity index (χ4n) is 1.55. The molecule has 1 rings (SSSR count). The van der Waals surface area contributed by atoms with Crippen molar-refractivity contribution in [3.63, 3.8) is 0 Å². The highest BCUT2D eigenvalue weighted by Crippen LogP contribution is 2.36. The highest BCUT2D eigenvalue weighted by Gasteiger charge is 2.34. The number of ether oxygens (including phenoxy) is 1. The van der Waals surface area contributed by atoms with Crippen LogP contribution in [0.1, 0.15) is 23.7 Å². The summed E-state index contributed by atoms with van der Waals surface area (Å²) in [4.78, 5) is 0. The van der Waals surface area contributed by atoms with Crippen LogP contribution < -0.4 is 0 Å². The monoisotopic (exact) mass is 234 g/mol. The third-order valence-corrected chi connectivity index (χ3v) is 2.29. The highest BCUT2D eigenvalue weighted by atomic mass is 19.4. The van der Waals surface area contributed by atoms with Crippen LogP contribution in [0.5, 0.6) is 0 Å². The number of alkyl halides is 3. The molecule has 1 aromatic rings. The first-order valence-corrected chi connectivity index (χ1v) is 4.80. The van der Waals surface area contributed by atoms with Gasteiger partial charge in [0.15, 0.2) is 0 Å². The predicted molar refractivity (Wildman–Crippen MR) is 52.9 cm³/mol. The minimum Gasteiger partial charge on any atom is -0.396 e. The molecule has 0 spiro atoms. The Morgan fingerprint density at radius 1 is 1.31 bits per heavy atom. The van der Waals surface area contributed by atoms with Crippen molar-refractivity contribution < 1.29 is 23.0 Å². The van der Waals surface area contributed by atoms with Crippen LogP contribution in [0.15, 0.2) is 24.3 Å². The van der Waals surface area contributed by atoms with Crippen LogP contribution in [0.2, 0.25) is 0 Å². The largest absolute Gasteiger partial charge is 0.416 e. The second-order valence-electron chi connectivity index (χ2n) is 3.32. The van der Waals surface area contributed by atoms with Crippen LogP contribution in [0.25, 0.3) is 0 Å². The van der Waals surface area contributed by atoms with Crippen molar-refractivity contribution in [2.75, 3.05) is 13.7 Å². The maximum Gasteiger partial charge on any atom is 0.416 e. The number of hydrogen-bond donors (Lipinski definition) is 1. The van der Waals surface area contributed by atoms with Gasteiger partial charge < -0.3 is 9.84 Å². The number of benzene rings is 1. The normalized spacial score (nSPS) is 13.8. The Morgan fingerprint density at radius 2 is 1.94 bits per heavy atom. The van der Waals surface area contributed by atoms with Gasteiger partial charge in [0.25, 0.3) is 0 Å². The Bertz CT molecular complexity index is 336. The average molecular weight is 234 g/mol. The van der Waals surface area contributed by atoms with E-state index in [-0.39, 0.29) is 18.6 Å². The molecule has 1 N–H and O–H groups in total. The van der Waals surface area contributed by atoms with Crippen molar-refractivity contribution in [1.29, 1.82) is 0 Å². The van der Waals surface area contributed by atoms with Crippen LogP contribution in [0.4, 0.5) is 13.2 Å². The Hall–Kier alpha value is -1.07. The third-order valence-electron chi connectivity index (χ3n) is 2.29. The quantitative estimate of drug-likeness (QED) is 0.868. The third kappa shape index (κ3) is 2.96. The van der Waals surface area contributed by atoms with E-state index in [4.69, 9.17) is 9.84 Å². The van der Waals surface area contributed by atoms with E-state index in [1.54, 1.807) is 0 Å². The first-order valence-electron chi connectivity index (χ1n) is 4.80. The minimum atomic E-state index is -4.40. The summed E-state index contributed by atoms with van der Waals surface area (Å²) >= 11 is 0. The molecule has 2 nitrogen and oxygen atoms in total. The molecule has 0 saturated carbocycles. The summed E-state index contributed by atoms with van der Waals surface area (Å²) in [6.45, 7) is -0.218. The lowest BCUT2D eigenvalue weighted by Gasteiger charge is -2.19. The van der Waals surface area contributed by atoms with Gasteiger partial charge in [-0.2, -0.15) is 13.2 Å². The van der Waals surface area contributed by atoms with Crippen molar-refractivity contribution >= 4 is 0 Å². The van der Waals surface area contributed by atoms with Crippen LogP contribution in [-0.2, 0) is 10.9 Å². The molecule has 0 amide bonds. The maximum absolute atomic E-state index is 12.7. The van der Waals surface area contributed by atoms with Crippen molar-refractivity contribution in [3.8, 4) is 0 Å². The van der Waals surface area contributed by atoms with E-state index < -0.39 is 17.8 Å². The molecule has 1 unspecified atom stereocenters. The van der Waals surface area contributed by atoms with Gasteiger partial charge in [-0.15, -0.1) is 0 Å². The minimum absolute atomic E-state index is 0.0616. The molecule has 90 valence electrons. The molecular weight excluding hydrogens is 221 g/mol. The number of aliphatic hydroxyl groups is 1. The summed E-state index contributed by atoms with van der Waals surface area (Å²) in [7, 11) is 1.33. The SMILES string of the molecule is COC(CCO)c1ccccc1C(F)(F)F. The first kappa shape index (κ1) is 13.0. The Labute approximate surface area is 91.7 Å². The van der Waals surface area contributed by atoms with Crippen LogP contribution in [0.3, 0.4) is 0 Å². The van der Waals surface area contributed by atoms with E-state index in [0.29, 0.717) is 0 Å². The molecule has 0 aliphatic carbocycles. The van der Waals surface area contributed by atoms with Crippen LogP contribution >= 0.6 is 0 Å². The lowest BCUT2D eigenvalue weighted by molar-refractivity contribution is -0.139. The van der Waals surface area contributed by atoms with Gasteiger partial charge in [0, 0.05) is 20.1 Å². The summed E-state index contributed by atoms with van der Waals surface area (Å²) in [5.74, 6) is 0. The molecule has 0 heterocycles. The highest BCUT2D eigenvalue weighted by molar-refractivity contribution is 5.31. The van der Waals surface area contributed by atoms with Gasteiger partial charge in [0.2, 0.25) is 0 Å². The summed E-state index contributed by atoms with van der Waals surface area (Å²) < 4.78 is 43.0. The second kappa shape index (κ2) is 5.32. The Morgan fingerprint density at radius 3 is 2.44 bits per heavy atom. The lowest BCUT2D eigenvalue weighted by Crippen LogP contribution is -2.14. The van der Waals surface area contributed by atoms with Crippen molar-refractivity contribution in [1.82, 2.24) is 0 Å². The van der Waals surface area contributed by atoms with E-state index in [2.05, 4.69) is 0 Å². The fourth-order valence-corrected chi connectivity index (χ4v) is 1.55. The van der Waals surface area contributed by atoms with E-state index >= 15 is 0 Å². The van der Waals surface area contributed by atoms with Gasteiger partial charge >= 0.3 is 6.18 Å². The fraction of sp³-hybridized carbons (Fsp3) is 0.455. The maximum atomic E-state index is 12.7. The van der Waals surface area contributed by atoms with Gasteiger partial charge in [0.1, 0.15) is 0 Å². The molecule has 5 heteroatoms. The zero-order chi connectivity index (χ0) is 12.2. The van der Waals surface area contributed by atoms with Gasteiger partial charge in [0.05, 0.1) is 11.7 Å². The Balaban J connectivity index is 3.11. The molecule has 1 aromatic carbocycles. The van der Waals surface area contributed by atoms with Crippen molar-refractivity contribution in [2.24, 2.45) is 0 Å². The summed E-state index contributed by atoms with van der Waals surface area (Å²) in [6, 6.07) is 5.23. The topological polar surface area (TPSA) is 29.5 Å². The van der Waals surface area contributed by atoms with Gasteiger partial charge in [-0.1, -0.05) is 18.2 Å². The number of rotatable bonds is 4. The summed E-state index contributed by atoms with van der Waals surface area (Å²) in [6.07, 6.45) is -4.99. The van der Waals surface area contributed by atoms with Crippen LogP contribution in [-0.4, -0.2) is 18.8 Å². The van der Waals surface area contributed by atoms with E-state index in [1.165, 1.54) is 25.3 Å². The van der Waals surface area contributed by atoms with Gasteiger partial charge in [-0.25, -0.2) is 0 Å². The summed E-state index contributed by atoms with van der Waals surface area (Å²) in [5.41, 5.74) is -0.651. The molecule has 1 atom stereocenters. The molecule has 0 bridgehead atoms. The summed E-state index contributed by atoms with van der Waals surface area (Å²) in [5, 5.41) is 8.76. The molecule has 0 saturated heterocycles.